The van der Waals surface area contributed by atoms with E-state index in [1.807, 2.05) is 0 Å². The Kier molecular flexibility index (Phi) is 11.7. The highest BCUT2D eigenvalue weighted by Crippen LogP contribution is 2.12. The summed E-state index contributed by atoms with van der Waals surface area (Å²) in [7, 11) is 0. The molecule has 3 amide bonds. The van der Waals surface area contributed by atoms with E-state index in [0.29, 0.717) is 5.56 Å². The van der Waals surface area contributed by atoms with Crippen molar-refractivity contribution >= 4 is 35.6 Å². The van der Waals surface area contributed by atoms with Crippen molar-refractivity contribution in [1.29, 1.82) is 0 Å². The van der Waals surface area contributed by atoms with Crippen molar-refractivity contribution in [2.45, 2.75) is 50.2 Å². The van der Waals surface area contributed by atoms with E-state index in [0.717, 1.165) is 0 Å². The van der Waals surface area contributed by atoms with Gasteiger partial charge in [0.1, 0.15) is 24.4 Å². The van der Waals surface area contributed by atoms with Gasteiger partial charge in [-0.15, -0.1) is 0 Å². The lowest BCUT2D eigenvalue weighted by Gasteiger charge is -2.24. The van der Waals surface area contributed by atoms with Crippen LogP contribution in [0.5, 0.6) is 5.75 Å². The maximum Gasteiger partial charge on any atom is 0.322 e. The molecule has 1 aromatic rings. The van der Waals surface area contributed by atoms with E-state index in [4.69, 9.17) is 21.1 Å². The van der Waals surface area contributed by atoms with Crippen LogP contribution in [0.4, 0.5) is 0 Å². The van der Waals surface area contributed by atoms with E-state index in [-0.39, 0.29) is 25.0 Å². The lowest BCUT2D eigenvalue weighted by molar-refractivity contribution is -0.139. The van der Waals surface area contributed by atoms with Crippen molar-refractivity contribution in [2.24, 2.45) is 5.73 Å². The van der Waals surface area contributed by atoms with Crippen molar-refractivity contribution in [2.75, 3.05) is 6.54 Å². The molecule has 0 bridgehead atoms. The van der Waals surface area contributed by atoms with E-state index in [1.165, 1.54) is 24.3 Å². The van der Waals surface area contributed by atoms with Gasteiger partial charge in [0.05, 0.1) is 6.04 Å². The van der Waals surface area contributed by atoms with E-state index in [1.54, 1.807) is 0 Å². The lowest BCUT2D eigenvalue weighted by atomic mass is 10.0. The molecule has 0 heterocycles. The van der Waals surface area contributed by atoms with Crippen LogP contribution in [0.15, 0.2) is 24.3 Å². The summed E-state index contributed by atoms with van der Waals surface area (Å²) in [6.45, 7) is -0.724. The molecule has 0 fully saturated rings. The van der Waals surface area contributed by atoms with Crippen molar-refractivity contribution < 1.29 is 49.2 Å². The second-order valence-corrected chi connectivity index (χ2v) is 7.58. The van der Waals surface area contributed by atoms with Gasteiger partial charge in [-0.2, -0.15) is 0 Å². The van der Waals surface area contributed by atoms with Crippen LogP contribution in [0.1, 0.15) is 31.2 Å². The smallest absolute Gasteiger partial charge is 0.322 e. The van der Waals surface area contributed by atoms with Crippen molar-refractivity contribution in [3.8, 4) is 5.75 Å². The second-order valence-electron chi connectivity index (χ2n) is 7.58. The highest BCUT2D eigenvalue weighted by molar-refractivity contribution is 5.94. The number of carboxylic acids is 3. The number of nitrogens with two attached hydrogens (primary N) is 1. The molecule has 1 rings (SSSR count). The van der Waals surface area contributed by atoms with Gasteiger partial charge >= 0.3 is 17.9 Å². The molecular formula is C21H28N4O10. The molecule has 0 aliphatic heterocycles. The van der Waals surface area contributed by atoms with Gasteiger partial charge in [-0.3, -0.25) is 28.8 Å². The fourth-order valence-electron chi connectivity index (χ4n) is 2.86. The summed E-state index contributed by atoms with van der Waals surface area (Å²) < 4.78 is 0. The highest BCUT2D eigenvalue weighted by atomic mass is 16.4. The van der Waals surface area contributed by atoms with Crippen molar-refractivity contribution in [3.63, 3.8) is 0 Å². The van der Waals surface area contributed by atoms with Gasteiger partial charge in [-0.25, -0.2) is 0 Å². The van der Waals surface area contributed by atoms with Crippen molar-refractivity contribution in [3.05, 3.63) is 29.8 Å². The predicted octanol–water partition coefficient (Wildman–Crippen LogP) is -1.84. The molecule has 0 aromatic heterocycles. The van der Waals surface area contributed by atoms with Crippen LogP contribution in [-0.4, -0.2) is 80.7 Å². The summed E-state index contributed by atoms with van der Waals surface area (Å²) >= 11 is 0. The number of phenolic OH excluding ortho intramolecular Hbond substituents is 1. The Morgan fingerprint density at radius 3 is 1.83 bits per heavy atom. The van der Waals surface area contributed by atoms with Crippen LogP contribution >= 0.6 is 0 Å². The minimum Gasteiger partial charge on any atom is -0.508 e. The normalized spacial score (nSPS) is 13.1. The van der Waals surface area contributed by atoms with E-state index < -0.39 is 73.1 Å². The number of hydrogen-bond acceptors (Lipinski definition) is 8. The average molecular weight is 496 g/mol. The molecule has 3 unspecified atom stereocenters. The standard InChI is InChI=1S/C21H28N4O10/c22-13(5-7-16(27)28)19(33)24-14(6-8-17(29)30)21(35)25-15(20(34)23-10-18(31)32)9-11-1-3-12(26)4-2-11/h1-4,13-15,26H,5-10,22H2,(H,23,34)(H,24,33)(H,25,35)(H,27,28)(H,29,30)(H,31,32). The van der Waals surface area contributed by atoms with Crippen LogP contribution in [-0.2, 0) is 35.2 Å². The quantitative estimate of drug-likeness (QED) is 0.134. The Balaban J connectivity index is 3.02. The van der Waals surface area contributed by atoms with Crippen LogP contribution in [0, 0.1) is 0 Å². The number of hydrogen-bond donors (Lipinski definition) is 8. The summed E-state index contributed by atoms with van der Waals surface area (Å²) in [6.07, 6.45) is -1.62. The molecule has 0 aliphatic carbocycles. The molecule has 35 heavy (non-hydrogen) atoms. The monoisotopic (exact) mass is 496 g/mol. The molecule has 0 spiro atoms. The number of carboxylic acid groups (broad SMARTS) is 3. The fraction of sp³-hybridized carbons (Fsp3) is 0.429. The predicted molar refractivity (Wildman–Crippen MR) is 118 cm³/mol. The number of aliphatic carboxylic acids is 3. The largest absolute Gasteiger partial charge is 0.508 e. The first-order chi connectivity index (χ1) is 16.4. The zero-order valence-electron chi connectivity index (χ0n) is 18.6. The minimum absolute atomic E-state index is 0.0413. The molecular weight excluding hydrogens is 468 g/mol. The fourth-order valence-corrected chi connectivity index (χ4v) is 2.86. The number of carbonyl (C=O) groups is 6. The number of rotatable bonds is 15. The maximum atomic E-state index is 12.9. The van der Waals surface area contributed by atoms with Crippen LogP contribution < -0.4 is 21.7 Å². The Morgan fingerprint density at radius 1 is 0.743 bits per heavy atom. The molecule has 0 saturated carbocycles. The van der Waals surface area contributed by atoms with E-state index >= 15 is 0 Å². The molecule has 9 N–H and O–H groups in total. The first kappa shape index (κ1) is 28.8. The summed E-state index contributed by atoms with van der Waals surface area (Å²) in [5.41, 5.74) is 6.14. The van der Waals surface area contributed by atoms with Gasteiger partial charge in [-0.1, -0.05) is 12.1 Å². The Hall–Kier alpha value is -4.20. The number of nitrogens with one attached hydrogen (secondary N) is 3. The highest BCUT2D eigenvalue weighted by Gasteiger charge is 2.29. The van der Waals surface area contributed by atoms with Gasteiger partial charge in [-0.05, 0) is 30.5 Å². The van der Waals surface area contributed by atoms with Gasteiger partial charge in [0, 0.05) is 19.3 Å². The van der Waals surface area contributed by atoms with Crippen LogP contribution in [0.2, 0.25) is 0 Å². The number of benzene rings is 1. The third kappa shape index (κ3) is 11.5. The topological polar surface area (TPSA) is 245 Å². The van der Waals surface area contributed by atoms with Crippen molar-refractivity contribution in [1.82, 2.24) is 16.0 Å². The Labute approximate surface area is 199 Å². The van der Waals surface area contributed by atoms with Gasteiger partial charge < -0.3 is 42.1 Å². The molecule has 192 valence electrons. The summed E-state index contributed by atoms with van der Waals surface area (Å²) in [5, 5.41) is 42.7. The number of aromatic hydroxyl groups is 1. The maximum absolute atomic E-state index is 12.9. The third-order valence-corrected chi connectivity index (χ3v) is 4.71. The van der Waals surface area contributed by atoms with E-state index in [9.17, 15) is 33.9 Å². The van der Waals surface area contributed by atoms with Crippen LogP contribution in [0.3, 0.4) is 0 Å². The molecule has 0 radical (unpaired) electrons. The first-order valence-electron chi connectivity index (χ1n) is 10.5. The molecule has 0 saturated heterocycles. The first-order valence-corrected chi connectivity index (χ1v) is 10.5. The summed E-state index contributed by atoms with van der Waals surface area (Å²) in [4.78, 5) is 70.2. The lowest BCUT2D eigenvalue weighted by Crippen LogP contribution is -2.56. The number of carbonyl (C=O) groups excluding carboxylic acids is 3. The molecule has 14 heteroatoms. The van der Waals surface area contributed by atoms with Gasteiger partial charge in [0.2, 0.25) is 17.7 Å². The Bertz CT molecular complexity index is 935. The summed E-state index contributed by atoms with van der Waals surface area (Å²) in [6, 6.07) is 1.63. The van der Waals surface area contributed by atoms with Gasteiger partial charge in [0.25, 0.3) is 0 Å². The number of phenols is 1. The second kappa shape index (κ2) is 14.1. The van der Waals surface area contributed by atoms with Gasteiger partial charge in [0.15, 0.2) is 0 Å². The molecule has 14 nitrogen and oxygen atoms in total. The van der Waals surface area contributed by atoms with E-state index in [2.05, 4.69) is 16.0 Å². The SMILES string of the molecule is NC(CCC(=O)O)C(=O)NC(CCC(=O)O)C(=O)NC(Cc1ccc(O)cc1)C(=O)NCC(=O)O. The van der Waals surface area contributed by atoms with Crippen LogP contribution in [0.25, 0.3) is 0 Å². The zero-order chi connectivity index (χ0) is 26.5. The minimum atomic E-state index is -1.43. The third-order valence-electron chi connectivity index (χ3n) is 4.71. The molecule has 1 aromatic carbocycles. The zero-order valence-corrected chi connectivity index (χ0v) is 18.6. The average Bonchev–Trinajstić information content (AvgIpc) is 2.78. The molecule has 3 atom stereocenters. The Morgan fingerprint density at radius 2 is 1.29 bits per heavy atom. The summed E-state index contributed by atoms with van der Waals surface area (Å²) in [5.74, 6) is -6.47. The number of amides is 3. The molecule has 0 aliphatic rings.